The highest BCUT2D eigenvalue weighted by molar-refractivity contribution is 7.91. The van der Waals surface area contributed by atoms with E-state index in [4.69, 9.17) is 17.7 Å². The molecule has 3 heterocycles. The van der Waals surface area contributed by atoms with Crippen LogP contribution in [0.25, 0.3) is 10.8 Å². The predicted molar refractivity (Wildman–Crippen MR) is 201 cm³/mol. The molecule has 4 amide bonds. The molecule has 1 aromatic carbocycles. The zero-order chi connectivity index (χ0) is 46.7. The standard InChI is InChI=1S/C39H50F3N5O9S/c1-22-9-7-8-10-25-20-38(25,34(50)46-57(52,53)37(5)14-15-37)45-31(48)29-19-27(55-32-28-12-11-26(54-6)18-24(28)13-16-43-32)21-47(29)33(49)30(23(2)17-22)44-35(51)56-36(3,4)39(40,41)42/h8,10-13,16,18,22-23,25,27,29-30H,7,9,14-15,17,19-21H2,1-6H3,(H,44,51)(H,45,48)(H,46,50)/b10-8-/t22-,23-,25-,27-,29+,30+,38-/m1/s1/i3D3,4D3. The number of fused-ring (bicyclic) bond motifs is 3. The normalized spacial score (nSPS) is 31.7. The molecule has 312 valence electrons. The number of halogens is 3. The molecule has 2 saturated carbocycles. The minimum Gasteiger partial charge on any atom is -0.497 e. The number of amides is 4. The zero-order valence-electron chi connectivity index (χ0n) is 37.8. The van der Waals surface area contributed by atoms with E-state index in [0.29, 0.717) is 42.2 Å². The van der Waals surface area contributed by atoms with Crippen LogP contribution in [0.1, 0.15) is 87.6 Å². The summed E-state index contributed by atoms with van der Waals surface area (Å²) in [7, 11) is -2.68. The summed E-state index contributed by atoms with van der Waals surface area (Å²) in [6, 6.07) is 3.39. The SMILES string of the molecule is [2H]C([2H])([2H])C(OC(=O)N[C@@H]1C(=O)N2C[C@H](Oc3nccc4cc(OC)ccc34)C[C@H]2C(=O)N[C@]2(C(=O)NS(=O)(=O)C3(C)CC3)C[C@H]2/C=C\CC[C@@H](C)C[C@H]1C)(C([2H])([2H])[2H])C(F)(F)F. The molecule has 2 aromatic rings. The van der Waals surface area contributed by atoms with Gasteiger partial charge in [0.25, 0.3) is 5.91 Å². The van der Waals surface area contributed by atoms with Crippen molar-refractivity contribution in [1.29, 1.82) is 0 Å². The Kier molecular flexibility index (Phi) is 9.23. The molecule has 4 aliphatic rings. The van der Waals surface area contributed by atoms with E-state index in [1.54, 1.807) is 43.3 Å². The number of hydrogen-bond acceptors (Lipinski definition) is 10. The second-order valence-electron chi connectivity index (χ2n) is 15.9. The minimum absolute atomic E-state index is 0.00777. The molecule has 2 aliphatic carbocycles. The van der Waals surface area contributed by atoms with Crippen molar-refractivity contribution < 1.29 is 63.2 Å². The van der Waals surface area contributed by atoms with Crippen molar-refractivity contribution in [3.8, 4) is 11.6 Å². The van der Waals surface area contributed by atoms with Crippen LogP contribution in [0.2, 0.25) is 0 Å². The number of alkyl carbamates (subject to hydrolysis) is 1. The van der Waals surface area contributed by atoms with Gasteiger partial charge < -0.3 is 29.7 Å². The van der Waals surface area contributed by atoms with Crippen LogP contribution in [0.5, 0.6) is 11.6 Å². The lowest BCUT2D eigenvalue weighted by molar-refractivity contribution is -0.244. The highest BCUT2D eigenvalue weighted by atomic mass is 32.2. The molecule has 3 fully saturated rings. The van der Waals surface area contributed by atoms with E-state index < -0.39 is 106 Å². The molecular weight excluding hydrogens is 772 g/mol. The van der Waals surface area contributed by atoms with Gasteiger partial charge in [0.1, 0.15) is 29.5 Å². The van der Waals surface area contributed by atoms with Gasteiger partial charge in [-0.3, -0.25) is 19.1 Å². The summed E-state index contributed by atoms with van der Waals surface area (Å²) >= 11 is 0. The van der Waals surface area contributed by atoms with Crippen LogP contribution < -0.4 is 24.8 Å². The lowest BCUT2D eigenvalue weighted by Gasteiger charge is -2.34. The summed E-state index contributed by atoms with van der Waals surface area (Å²) in [6.45, 7) is -4.54. The van der Waals surface area contributed by atoms with E-state index in [2.05, 4.69) is 19.8 Å². The molecule has 1 saturated heterocycles. The maximum Gasteiger partial charge on any atom is 0.427 e. The fourth-order valence-electron chi connectivity index (χ4n) is 7.46. The van der Waals surface area contributed by atoms with Gasteiger partial charge in [-0.05, 0) is 101 Å². The third kappa shape index (κ3) is 8.65. The van der Waals surface area contributed by atoms with Gasteiger partial charge >= 0.3 is 12.3 Å². The molecule has 57 heavy (non-hydrogen) atoms. The van der Waals surface area contributed by atoms with Gasteiger partial charge in [-0.2, -0.15) is 13.2 Å². The van der Waals surface area contributed by atoms with Gasteiger partial charge in [-0.15, -0.1) is 0 Å². The Balaban J connectivity index is 1.39. The number of nitrogens with zero attached hydrogens (tertiary/aromatic N) is 2. The highest BCUT2D eigenvalue weighted by Crippen LogP contribution is 2.48. The molecule has 14 nitrogen and oxygen atoms in total. The van der Waals surface area contributed by atoms with E-state index in [1.807, 2.05) is 5.32 Å². The average Bonchev–Trinajstić information content (AvgIpc) is 4.05. The molecule has 18 heteroatoms. The number of alkyl halides is 3. The molecule has 3 N–H and O–H groups in total. The zero-order valence-corrected chi connectivity index (χ0v) is 32.6. The number of hydrogen-bond donors (Lipinski definition) is 3. The van der Waals surface area contributed by atoms with Gasteiger partial charge in [0.2, 0.25) is 33.3 Å². The van der Waals surface area contributed by atoms with E-state index in [-0.39, 0.29) is 31.1 Å². The quantitative estimate of drug-likeness (QED) is 0.309. The summed E-state index contributed by atoms with van der Waals surface area (Å²) in [4.78, 5) is 62.2. The Morgan fingerprint density at radius 3 is 2.53 bits per heavy atom. The summed E-state index contributed by atoms with van der Waals surface area (Å²) in [5.74, 6) is -4.18. The number of nitrogens with one attached hydrogen (secondary N) is 3. The Hall–Kier alpha value is -4.61. The number of sulfonamides is 1. The number of rotatable bonds is 8. The Morgan fingerprint density at radius 2 is 1.86 bits per heavy atom. The summed E-state index contributed by atoms with van der Waals surface area (Å²) < 4.78 is 132. The van der Waals surface area contributed by atoms with Crippen molar-refractivity contribution in [2.45, 2.75) is 120 Å². The fourth-order valence-corrected chi connectivity index (χ4v) is 8.77. The maximum absolute atomic E-state index is 14.9. The predicted octanol–water partition coefficient (Wildman–Crippen LogP) is 4.91. The number of allylic oxidation sites excluding steroid dienone is 1. The van der Waals surface area contributed by atoms with Gasteiger partial charge in [-0.25, -0.2) is 18.2 Å². The van der Waals surface area contributed by atoms with E-state index in [1.165, 1.54) is 27.2 Å². The van der Waals surface area contributed by atoms with Gasteiger partial charge in [0.15, 0.2) is 0 Å². The fraction of sp³-hybridized carbons (Fsp3) is 0.615. The molecule has 0 radical (unpaired) electrons. The molecule has 0 unspecified atom stereocenters. The van der Waals surface area contributed by atoms with Crippen LogP contribution in [-0.4, -0.2) is 96.0 Å². The molecule has 0 spiro atoms. The highest BCUT2D eigenvalue weighted by Gasteiger charge is 2.63. The van der Waals surface area contributed by atoms with Crippen molar-refractivity contribution in [3.05, 3.63) is 42.6 Å². The topological polar surface area (TPSA) is 182 Å². The van der Waals surface area contributed by atoms with E-state index in [0.717, 1.165) is 4.90 Å². The third-order valence-corrected chi connectivity index (χ3v) is 13.5. The number of aromatic nitrogens is 1. The Labute approximate surface area is 338 Å². The maximum atomic E-state index is 14.9. The first-order valence-corrected chi connectivity index (χ1v) is 20.1. The van der Waals surface area contributed by atoms with Crippen LogP contribution in [-0.2, 0) is 29.1 Å². The van der Waals surface area contributed by atoms with E-state index >= 15 is 0 Å². The average molecular weight is 828 g/mol. The first-order valence-electron chi connectivity index (χ1n) is 21.6. The second kappa shape index (κ2) is 15.3. The molecule has 0 bridgehead atoms. The van der Waals surface area contributed by atoms with Crippen LogP contribution in [0.3, 0.4) is 0 Å². The Morgan fingerprint density at radius 1 is 1.12 bits per heavy atom. The second-order valence-corrected chi connectivity index (χ2v) is 18.1. The van der Waals surface area contributed by atoms with Crippen LogP contribution >= 0.6 is 0 Å². The van der Waals surface area contributed by atoms with Crippen LogP contribution in [0.4, 0.5) is 18.0 Å². The first-order chi connectivity index (χ1) is 29.1. The molecule has 1 aromatic heterocycles. The summed E-state index contributed by atoms with van der Waals surface area (Å²) in [6.07, 6.45) is -3.05. The lowest BCUT2D eigenvalue weighted by atomic mass is 9.88. The van der Waals surface area contributed by atoms with Crippen molar-refractivity contribution in [2.75, 3.05) is 13.7 Å². The number of benzene rings is 1. The molecule has 7 atom stereocenters. The van der Waals surface area contributed by atoms with Crippen LogP contribution in [0.15, 0.2) is 42.6 Å². The van der Waals surface area contributed by atoms with Gasteiger partial charge in [0, 0.05) is 32.1 Å². The monoisotopic (exact) mass is 827 g/mol. The smallest absolute Gasteiger partial charge is 0.427 e. The third-order valence-electron chi connectivity index (χ3n) is 11.4. The largest absolute Gasteiger partial charge is 0.497 e. The number of carbonyl (C=O) groups is 4. The minimum atomic E-state index is -6.15. The van der Waals surface area contributed by atoms with Crippen molar-refractivity contribution >= 4 is 44.6 Å². The van der Waals surface area contributed by atoms with Crippen molar-refractivity contribution in [2.24, 2.45) is 17.8 Å². The molecule has 6 rings (SSSR count). The number of methoxy groups -OCH3 is 1. The summed E-state index contributed by atoms with van der Waals surface area (Å²) in [5, 5.41) is 5.90. The number of pyridine rings is 1. The molecular formula is C39H50F3N5O9S. The summed E-state index contributed by atoms with van der Waals surface area (Å²) in [5.41, 5.74) is -6.77. The van der Waals surface area contributed by atoms with Crippen LogP contribution in [0, 0.1) is 17.8 Å². The van der Waals surface area contributed by atoms with Gasteiger partial charge in [-0.1, -0.05) is 26.0 Å². The number of ether oxygens (including phenoxy) is 3. The first kappa shape index (κ1) is 34.4. The van der Waals surface area contributed by atoms with E-state index in [9.17, 15) is 40.8 Å². The van der Waals surface area contributed by atoms with Crippen molar-refractivity contribution in [1.82, 2.24) is 25.2 Å². The Bertz CT molecular complexity index is 2240. The molecule has 2 aliphatic heterocycles. The number of carbonyl (C=O) groups excluding carboxylic acids is 4. The van der Waals surface area contributed by atoms with Crippen molar-refractivity contribution in [3.63, 3.8) is 0 Å². The van der Waals surface area contributed by atoms with Gasteiger partial charge in [0.05, 0.1) is 18.4 Å². The lowest BCUT2D eigenvalue weighted by Crippen LogP contribution is -2.59.